The molecule has 32 heavy (non-hydrogen) atoms. The molecule has 1 fully saturated rings. The highest BCUT2D eigenvalue weighted by atomic mass is 16.2. The zero-order chi connectivity index (χ0) is 22.5. The molecule has 0 spiro atoms. The molecule has 7 heteroatoms. The first-order chi connectivity index (χ1) is 15.5. The van der Waals surface area contributed by atoms with E-state index < -0.39 is 11.9 Å². The van der Waals surface area contributed by atoms with E-state index in [1.54, 1.807) is 12.2 Å². The first kappa shape index (κ1) is 21.1. The molecule has 0 aliphatic carbocycles. The number of hydrogen-bond donors (Lipinski definition) is 2. The number of carbonyl (C=O) groups is 2. The van der Waals surface area contributed by atoms with Crippen LogP contribution in [-0.4, -0.2) is 34.0 Å². The molecule has 162 valence electrons. The van der Waals surface area contributed by atoms with Crippen LogP contribution >= 0.6 is 0 Å². The van der Waals surface area contributed by atoms with Crippen molar-refractivity contribution in [1.29, 1.82) is 0 Å². The minimum atomic E-state index is -0.471. The van der Waals surface area contributed by atoms with E-state index in [-0.39, 0.29) is 12.2 Å². The van der Waals surface area contributed by atoms with Gasteiger partial charge in [0, 0.05) is 13.1 Å². The highest BCUT2D eigenvalue weighted by Crippen LogP contribution is 2.22. The smallest absolute Gasteiger partial charge is 0.329 e. The quantitative estimate of drug-likeness (QED) is 0.421. The topological polar surface area (TPSA) is 91.0 Å². The van der Waals surface area contributed by atoms with Crippen LogP contribution in [0.2, 0.25) is 0 Å². The summed E-state index contributed by atoms with van der Waals surface area (Å²) < 4.78 is 0. The van der Waals surface area contributed by atoms with Gasteiger partial charge in [0.15, 0.2) is 0 Å². The number of nitrogens with zero attached hydrogens (tertiary/aromatic N) is 3. The fraction of sp³-hybridized carbons (Fsp3) is 0.160. The molecule has 0 aromatic heterocycles. The normalized spacial score (nSPS) is 17.8. The number of carbonyl (C=O) groups excluding carboxylic acids is 2. The Morgan fingerprint density at radius 2 is 1.81 bits per heavy atom. The van der Waals surface area contributed by atoms with E-state index in [1.165, 1.54) is 22.2 Å². The molecule has 2 heterocycles. The third kappa shape index (κ3) is 4.62. The number of amides is 3. The monoisotopic (exact) mass is 427 g/mol. The first-order valence-electron chi connectivity index (χ1n) is 10.4. The number of urea groups is 1. The van der Waals surface area contributed by atoms with Gasteiger partial charge in [0.25, 0.3) is 5.91 Å². The zero-order valence-corrected chi connectivity index (χ0v) is 17.7. The largest absolute Gasteiger partial charge is 0.405 e. The molecule has 2 aromatic rings. The Morgan fingerprint density at radius 1 is 1.09 bits per heavy atom. The number of hydrogen-bond acceptors (Lipinski definition) is 5. The van der Waals surface area contributed by atoms with Crippen molar-refractivity contribution in [1.82, 2.24) is 15.1 Å². The summed E-state index contributed by atoms with van der Waals surface area (Å²) in [7, 11) is 0. The molecule has 0 saturated carbocycles. The number of rotatable bonds is 6. The fourth-order valence-corrected chi connectivity index (χ4v) is 3.82. The SMILES string of the molecule is C=C(N=C(/C=C\N)/C=C1/C(=O)NC(=O)N1Cc1ccccc1)N1CCc2ccccc2C1. The lowest BCUT2D eigenvalue weighted by Crippen LogP contribution is -2.29. The second-order valence-corrected chi connectivity index (χ2v) is 7.61. The average Bonchev–Trinajstić information content (AvgIpc) is 3.06. The molecule has 0 radical (unpaired) electrons. The maximum Gasteiger partial charge on any atom is 0.329 e. The Bertz CT molecular complexity index is 1130. The van der Waals surface area contributed by atoms with Crippen molar-refractivity contribution in [3.63, 3.8) is 0 Å². The number of allylic oxidation sites excluding steroid dienone is 2. The lowest BCUT2D eigenvalue weighted by Gasteiger charge is -2.30. The van der Waals surface area contributed by atoms with E-state index >= 15 is 0 Å². The summed E-state index contributed by atoms with van der Waals surface area (Å²) in [6.45, 7) is 5.91. The summed E-state index contributed by atoms with van der Waals surface area (Å²) in [6.07, 6.45) is 5.42. The summed E-state index contributed by atoms with van der Waals surface area (Å²) in [5.74, 6) is 0.102. The molecule has 4 rings (SSSR count). The van der Waals surface area contributed by atoms with Crippen molar-refractivity contribution in [3.05, 3.63) is 108 Å². The van der Waals surface area contributed by atoms with E-state index in [1.807, 2.05) is 42.5 Å². The molecule has 2 aliphatic heterocycles. The van der Waals surface area contributed by atoms with Gasteiger partial charge in [-0.05, 0) is 41.5 Å². The number of benzene rings is 2. The van der Waals surface area contributed by atoms with Gasteiger partial charge in [0.1, 0.15) is 11.5 Å². The van der Waals surface area contributed by atoms with E-state index in [9.17, 15) is 9.59 Å². The van der Waals surface area contributed by atoms with Gasteiger partial charge in [-0.25, -0.2) is 9.79 Å². The highest BCUT2D eigenvalue weighted by Gasteiger charge is 2.33. The summed E-state index contributed by atoms with van der Waals surface area (Å²) in [4.78, 5) is 32.9. The van der Waals surface area contributed by atoms with E-state index in [2.05, 4.69) is 33.9 Å². The number of nitrogens with one attached hydrogen (secondary N) is 1. The number of imide groups is 1. The van der Waals surface area contributed by atoms with Crippen LogP contribution in [0.5, 0.6) is 0 Å². The highest BCUT2D eigenvalue weighted by molar-refractivity contribution is 6.16. The molecule has 7 nitrogen and oxygen atoms in total. The molecule has 0 bridgehead atoms. The molecular formula is C25H25N5O2. The molecule has 2 aliphatic rings. The van der Waals surface area contributed by atoms with Crippen LogP contribution in [-0.2, 0) is 24.3 Å². The van der Waals surface area contributed by atoms with Gasteiger partial charge in [-0.2, -0.15) is 0 Å². The van der Waals surface area contributed by atoms with E-state index in [4.69, 9.17) is 5.73 Å². The van der Waals surface area contributed by atoms with Gasteiger partial charge >= 0.3 is 6.03 Å². The molecule has 3 amide bonds. The van der Waals surface area contributed by atoms with Crippen molar-refractivity contribution in [2.75, 3.05) is 6.54 Å². The maximum absolute atomic E-state index is 12.5. The summed E-state index contributed by atoms with van der Waals surface area (Å²) in [5.41, 5.74) is 9.78. The standard InChI is InChI=1S/C25H25N5O2/c1-18(29-14-12-20-9-5-6-10-21(20)17-29)27-22(11-13-26)15-23-24(31)28-25(32)30(23)16-19-7-3-2-4-8-19/h2-11,13,15H,1,12,14,16-17,26H2,(H,28,31,32)/b13-11-,23-15-,27-22?. The Labute approximate surface area is 187 Å². The summed E-state index contributed by atoms with van der Waals surface area (Å²) in [6, 6.07) is 17.3. The molecular weight excluding hydrogens is 402 g/mol. The Kier molecular flexibility index (Phi) is 6.17. The Morgan fingerprint density at radius 3 is 2.56 bits per heavy atom. The van der Waals surface area contributed by atoms with E-state index in [0.717, 1.165) is 18.5 Å². The van der Waals surface area contributed by atoms with Gasteiger partial charge in [0.05, 0.1) is 12.3 Å². The van der Waals surface area contributed by atoms with Crippen LogP contribution < -0.4 is 11.1 Å². The average molecular weight is 428 g/mol. The van der Waals surface area contributed by atoms with Crippen molar-refractivity contribution in [3.8, 4) is 0 Å². The molecule has 3 N–H and O–H groups in total. The van der Waals surface area contributed by atoms with Crippen LogP contribution in [0.15, 0.2) is 96.0 Å². The molecule has 2 aromatic carbocycles. The van der Waals surface area contributed by atoms with Crippen molar-refractivity contribution >= 4 is 17.6 Å². The number of fused-ring (bicyclic) bond motifs is 1. The van der Waals surface area contributed by atoms with Crippen molar-refractivity contribution in [2.45, 2.75) is 19.5 Å². The summed E-state index contributed by atoms with van der Waals surface area (Å²) in [5, 5.41) is 2.35. The van der Waals surface area contributed by atoms with Crippen LogP contribution in [0.4, 0.5) is 4.79 Å². The molecule has 0 unspecified atom stereocenters. The third-order valence-corrected chi connectivity index (χ3v) is 5.48. The number of aliphatic imine (C=N–C) groups is 1. The molecule has 1 saturated heterocycles. The Hall–Kier alpha value is -4.13. The predicted octanol–water partition coefficient (Wildman–Crippen LogP) is 3.07. The summed E-state index contributed by atoms with van der Waals surface area (Å²) >= 11 is 0. The van der Waals surface area contributed by atoms with Crippen LogP contribution in [0.3, 0.4) is 0 Å². The second-order valence-electron chi connectivity index (χ2n) is 7.61. The van der Waals surface area contributed by atoms with Crippen LogP contribution in [0.25, 0.3) is 0 Å². The lowest BCUT2D eigenvalue weighted by molar-refractivity contribution is -0.116. The third-order valence-electron chi connectivity index (χ3n) is 5.48. The minimum Gasteiger partial charge on any atom is -0.405 e. The van der Waals surface area contributed by atoms with Crippen molar-refractivity contribution in [2.24, 2.45) is 10.7 Å². The lowest BCUT2D eigenvalue weighted by atomic mass is 10.0. The number of nitrogens with two attached hydrogens (primary N) is 1. The maximum atomic E-state index is 12.5. The van der Waals surface area contributed by atoms with Crippen LogP contribution in [0.1, 0.15) is 16.7 Å². The minimum absolute atomic E-state index is 0.215. The van der Waals surface area contributed by atoms with Gasteiger partial charge in [0.2, 0.25) is 0 Å². The van der Waals surface area contributed by atoms with E-state index in [0.29, 0.717) is 18.1 Å². The van der Waals surface area contributed by atoms with Gasteiger partial charge < -0.3 is 10.6 Å². The van der Waals surface area contributed by atoms with Crippen molar-refractivity contribution < 1.29 is 9.59 Å². The second kappa shape index (κ2) is 9.34. The van der Waals surface area contributed by atoms with Gasteiger partial charge in [-0.3, -0.25) is 15.0 Å². The zero-order valence-electron chi connectivity index (χ0n) is 17.7. The van der Waals surface area contributed by atoms with Gasteiger partial charge in [-0.1, -0.05) is 61.2 Å². The van der Waals surface area contributed by atoms with Crippen LogP contribution in [0, 0.1) is 0 Å². The fourth-order valence-electron chi connectivity index (χ4n) is 3.82. The Balaban J connectivity index is 1.58. The predicted molar refractivity (Wildman–Crippen MR) is 124 cm³/mol. The van der Waals surface area contributed by atoms with Gasteiger partial charge in [-0.15, -0.1) is 0 Å². The first-order valence-corrected chi connectivity index (χ1v) is 10.4. The molecule has 0 atom stereocenters.